The van der Waals surface area contributed by atoms with Crippen LogP contribution in [0, 0.1) is 0 Å². The zero-order valence-corrected chi connectivity index (χ0v) is 17.4. The van der Waals surface area contributed by atoms with Crippen molar-refractivity contribution >= 4 is 44.2 Å². The van der Waals surface area contributed by atoms with Gasteiger partial charge in [0.2, 0.25) is 0 Å². The molecule has 1 amide bonds. The molecule has 0 fully saturated rings. The SMILES string of the molecule is COc1ccc(Cl)cc1C(=O)Nc1nc2c(s1)CN(S(=O)(=O)N(C)C)CC2. The molecule has 11 heteroatoms. The molecular formula is C16H19ClN4O4S2. The highest BCUT2D eigenvalue weighted by Gasteiger charge is 2.30. The van der Waals surface area contributed by atoms with Crippen LogP contribution in [-0.4, -0.2) is 55.7 Å². The third-order valence-electron chi connectivity index (χ3n) is 4.11. The minimum absolute atomic E-state index is 0.240. The van der Waals surface area contributed by atoms with Gasteiger partial charge in [-0.3, -0.25) is 10.1 Å². The number of methoxy groups -OCH3 is 1. The predicted octanol–water partition coefficient (Wildman–Crippen LogP) is 2.22. The molecule has 0 radical (unpaired) electrons. The summed E-state index contributed by atoms with van der Waals surface area (Å²) in [4.78, 5) is 17.8. The average Bonchev–Trinajstić information content (AvgIpc) is 3.02. The summed E-state index contributed by atoms with van der Waals surface area (Å²) in [5, 5.41) is 3.58. The zero-order valence-electron chi connectivity index (χ0n) is 15.0. The largest absolute Gasteiger partial charge is 0.496 e. The lowest BCUT2D eigenvalue weighted by atomic mass is 10.2. The first-order valence-electron chi connectivity index (χ1n) is 8.03. The number of carbonyl (C=O) groups excluding carboxylic acids is 1. The number of nitrogens with zero attached hydrogens (tertiary/aromatic N) is 3. The number of fused-ring (bicyclic) bond motifs is 1. The van der Waals surface area contributed by atoms with E-state index in [-0.39, 0.29) is 6.54 Å². The van der Waals surface area contributed by atoms with Crippen LogP contribution in [0.5, 0.6) is 5.75 Å². The summed E-state index contributed by atoms with van der Waals surface area (Å²) in [6.45, 7) is 0.594. The van der Waals surface area contributed by atoms with Crippen LogP contribution in [0.4, 0.5) is 5.13 Å². The highest BCUT2D eigenvalue weighted by Crippen LogP contribution is 2.31. The second-order valence-corrected chi connectivity index (χ2v) is 9.72. The first-order valence-corrected chi connectivity index (χ1v) is 10.6. The Kier molecular flexibility index (Phi) is 5.73. The van der Waals surface area contributed by atoms with Crippen LogP contribution in [0.15, 0.2) is 18.2 Å². The maximum atomic E-state index is 12.6. The smallest absolute Gasteiger partial charge is 0.281 e. The van der Waals surface area contributed by atoms with E-state index in [0.717, 1.165) is 10.6 Å². The number of benzene rings is 1. The fourth-order valence-electron chi connectivity index (χ4n) is 2.68. The van der Waals surface area contributed by atoms with Crippen molar-refractivity contribution in [1.29, 1.82) is 0 Å². The highest BCUT2D eigenvalue weighted by molar-refractivity contribution is 7.86. The van der Waals surface area contributed by atoms with Gasteiger partial charge in [0.15, 0.2) is 5.13 Å². The van der Waals surface area contributed by atoms with E-state index in [4.69, 9.17) is 16.3 Å². The maximum Gasteiger partial charge on any atom is 0.281 e. The first-order chi connectivity index (χ1) is 12.7. The molecule has 3 rings (SSSR count). The van der Waals surface area contributed by atoms with Gasteiger partial charge in [0.1, 0.15) is 5.75 Å². The van der Waals surface area contributed by atoms with E-state index in [9.17, 15) is 13.2 Å². The molecule has 0 spiro atoms. The average molecular weight is 431 g/mol. The van der Waals surface area contributed by atoms with E-state index in [1.54, 1.807) is 12.1 Å². The lowest BCUT2D eigenvalue weighted by Crippen LogP contribution is -2.42. The van der Waals surface area contributed by atoms with Gasteiger partial charge in [0.25, 0.3) is 16.1 Å². The topological polar surface area (TPSA) is 91.8 Å². The Hall–Kier alpha value is -1.72. The molecule has 0 aliphatic carbocycles. The minimum atomic E-state index is -3.49. The second kappa shape index (κ2) is 7.72. The van der Waals surface area contributed by atoms with E-state index in [0.29, 0.717) is 34.4 Å². The van der Waals surface area contributed by atoms with Gasteiger partial charge < -0.3 is 4.74 Å². The number of nitrogens with one attached hydrogen (secondary N) is 1. The van der Waals surface area contributed by atoms with E-state index < -0.39 is 16.1 Å². The molecule has 0 bridgehead atoms. The highest BCUT2D eigenvalue weighted by atomic mass is 35.5. The van der Waals surface area contributed by atoms with Gasteiger partial charge in [-0.1, -0.05) is 11.6 Å². The van der Waals surface area contributed by atoms with Crippen molar-refractivity contribution in [3.8, 4) is 5.75 Å². The number of halogens is 1. The summed E-state index contributed by atoms with van der Waals surface area (Å²) >= 11 is 7.24. The molecular weight excluding hydrogens is 412 g/mol. The van der Waals surface area contributed by atoms with Crippen molar-refractivity contribution in [3.05, 3.63) is 39.4 Å². The van der Waals surface area contributed by atoms with Crippen LogP contribution in [-0.2, 0) is 23.2 Å². The summed E-state index contributed by atoms with van der Waals surface area (Å²) in [5.41, 5.74) is 1.11. The van der Waals surface area contributed by atoms with Gasteiger partial charge in [0, 0.05) is 37.0 Å². The number of ether oxygens (including phenoxy) is 1. The zero-order chi connectivity index (χ0) is 19.8. The molecule has 1 N–H and O–H groups in total. The van der Waals surface area contributed by atoms with E-state index in [2.05, 4.69) is 10.3 Å². The quantitative estimate of drug-likeness (QED) is 0.785. The summed E-state index contributed by atoms with van der Waals surface area (Å²) in [6.07, 6.45) is 0.495. The van der Waals surface area contributed by atoms with E-state index in [1.165, 1.54) is 47.2 Å². The van der Waals surface area contributed by atoms with Gasteiger partial charge in [-0.15, -0.1) is 11.3 Å². The molecule has 1 aliphatic rings. The molecule has 0 atom stereocenters. The van der Waals surface area contributed by atoms with Crippen LogP contribution in [0.2, 0.25) is 5.02 Å². The molecule has 0 unspecified atom stereocenters. The fourth-order valence-corrected chi connectivity index (χ4v) is 5.02. The first kappa shape index (κ1) is 20.0. The third-order valence-corrected chi connectivity index (χ3v) is 7.23. The molecule has 146 valence electrons. The van der Waals surface area contributed by atoms with Crippen molar-refractivity contribution in [2.24, 2.45) is 0 Å². The van der Waals surface area contributed by atoms with Gasteiger partial charge in [-0.05, 0) is 18.2 Å². The molecule has 0 saturated heterocycles. The number of rotatable bonds is 5. The number of aromatic nitrogens is 1. The monoisotopic (exact) mass is 430 g/mol. The van der Waals surface area contributed by atoms with Gasteiger partial charge in [-0.2, -0.15) is 17.0 Å². The summed E-state index contributed by atoms with van der Waals surface area (Å²) in [5.74, 6) is 0.0136. The number of anilines is 1. The van der Waals surface area contributed by atoms with Crippen LogP contribution in [0.1, 0.15) is 20.9 Å². The Morgan fingerprint density at radius 2 is 2.15 bits per heavy atom. The van der Waals surface area contributed by atoms with E-state index >= 15 is 0 Å². The Balaban J connectivity index is 1.79. The third kappa shape index (κ3) is 4.09. The van der Waals surface area contributed by atoms with E-state index in [1.807, 2.05) is 0 Å². The van der Waals surface area contributed by atoms with Gasteiger partial charge in [0.05, 0.1) is 24.9 Å². The van der Waals surface area contributed by atoms with Gasteiger partial charge in [-0.25, -0.2) is 4.98 Å². The predicted molar refractivity (Wildman–Crippen MR) is 105 cm³/mol. The fraction of sp³-hybridized carbons (Fsp3) is 0.375. The lowest BCUT2D eigenvalue weighted by molar-refractivity contribution is 0.102. The molecule has 2 heterocycles. The van der Waals surface area contributed by atoms with Crippen molar-refractivity contribution in [3.63, 3.8) is 0 Å². The summed E-state index contributed by atoms with van der Waals surface area (Å²) in [7, 11) is 0.991. The number of thiazole rings is 1. The molecule has 2 aromatic rings. The number of hydrogen-bond donors (Lipinski definition) is 1. The summed E-state index contributed by atoms with van der Waals surface area (Å²) in [6, 6.07) is 4.78. The normalized spacial score (nSPS) is 14.9. The standard InChI is InChI=1S/C16H19ClN4O4S2/c1-20(2)27(23,24)21-7-6-12-14(9-21)26-16(18-12)19-15(22)11-8-10(17)4-5-13(11)25-3/h4-5,8H,6-7,9H2,1-3H3,(H,18,19,22). The van der Waals surface area contributed by atoms with Crippen LogP contribution >= 0.6 is 22.9 Å². The molecule has 8 nitrogen and oxygen atoms in total. The molecule has 1 aromatic heterocycles. The Bertz CT molecular complexity index is 975. The van der Waals surface area contributed by atoms with Gasteiger partial charge >= 0.3 is 0 Å². The number of amides is 1. The van der Waals surface area contributed by atoms with Crippen molar-refractivity contribution in [2.75, 3.05) is 33.1 Å². The number of hydrogen-bond acceptors (Lipinski definition) is 6. The van der Waals surface area contributed by atoms with Crippen molar-refractivity contribution in [1.82, 2.24) is 13.6 Å². The Labute approximate surface area is 166 Å². The Morgan fingerprint density at radius 3 is 2.81 bits per heavy atom. The van der Waals surface area contributed by atoms with Crippen LogP contribution < -0.4 is 10.1 Å². The number of carbonyl (C=O) groups is 1. The van der Waals surface area contributed by atoms with Crippen molar-refractivity contribution in [2.45, 2.75) is 13.0 Å². The van der Waals surface area contributed by atoms with Crippen LogP contribution in [0.25, 0.3) is 0 Å². The Morgan fingerprint density at radius 1 is 1.41 bits per heavy atom. The molecule has 27 heavy (non-hydrogen) atoms. The van der Waals surface area contributed by atoms with Crippen molar-refractivity contribution < 1.29 is 17.9 Å². The van der Waals surface area contributed by atoms with Crippen LogP contribution in [0.3, 0.4) is 0 Å². The lowest BCUT2D eigenvalue weighted by Gasteiger charge is -2.27. The molecule has 1 aromatic carbocycles. The molecule has 1 aliphatic heterocycles. The maximum absolute atomic E-state index is 12.6. The minimum Gasteiger partial charge on any atom is -0.496 e. The molecule has 0 saturated carbocycles. The second-order valence-electron chi connectivity index (χ2n) is 6.06. The summed E-state index contributed by atoms with van der Waals surface area (Å²) < 4.78 is 32.4.